The smallest absolute Gasteiger partial charge is 0.358 e. The molecular weight excluding hydrogens is 310 g/mol. The van der Waals surface area contributed by atoms with E-state index in [0.29, 0.717) is 12.2 Å². The van der Waals surface area contributed by atoms with Crippen LogP contribution in [-0.4, -0.2) is 35.1 Å². The molecule has 7 nitrogen and oxygen atoms in total. The van der Waals surface area contributed by atoms with E-state index in [4.69, 9.17) is 26.8 Å². The molecule has 0 aliphatic heterocycles. The highest BCUT2D eigenvalue weighted by Crippen LogP contribution is 2.39. The van der Waals surface area contributed by atoms with Crippen molar-refractivity contribution in [2.45, 2.75) is 25.2 Å². The van der Waals surface area contributed by atoms with Gasteiger partial charge in [0.05, 0.1) is 13.2 Å². The Morgan fingerprint density at radius 3 is 2.64 bits per heavy atom. The molecule has 2 rings (SSSR count). The number of halogens is 1. The van der Waals surface area contributed by atoms with E-state index in [-0.39, 0.29) is 35.7 Å². The van der Waals surface area contributed by atoms with Gasteiger partial charge in [0.2, 0.25) is 0 Å². The number of hydrogen-bond donors (Lipinski definition) is 1. The Kier molecular flexibility index (Phi) is 5.32. The summed E-state index contributed by atoms with van der Waals surface area (Å²) < 4.78 is 9.81. The first kappa shape index (κ1) is 16.2. The monoisotopic (exact) mass is 325 g/mol. The summed E-state index contributed by atoms with van der Waals surface area (Å²) in [7, 11) is 0. The quantitative estimate of drug-likeness (QED) is 0.463. The molecule has 0 radical (unpaired) electrons. The van der Waals surface area contributed by atoms with Crippen molar-refractivity contribution in [2.75, 3.05) is 18.9 Å². The van der Waals surface area contributed by atoms with E-state index in [1.54, 1.807) is 0 Å². The van der Waals surface area contributed by atoms with Gasteiger partial charge in [0.25, 0.3) is 0 Å². The number of aromatic nitrogens is 2. The molecule has 22 heavy (non-hydrogen) atoms. The van der Waals surface area contributed by atoms with Crippen LogP contribution in [0.3, 0.4) is 0 Å². The molecule has 0 amide bonds. The molecule has 0 atom stereocenters. The maximum absolute atomic E-state index is 12.0. The third kappa shape index (κ3) is 4.17. The Labute approximate surface area is 132 Å². The first-order chi connectivity index (χ1) is 10.5. The van der Waals surface area contributed by atoms with Crippen LogP contribution in [0.2, 0.25) is 5.02 Å². The lowest BCUT2D eigenvalue weighted by Gasteiger charge is -2.08. The van der Waals surface area contributed by atoms with Crippen LogP contribution in [0, 0.1) is 0 Å². The highest BCUT2D eigenvalue weighted by Gasteiger charge is 2.29. The second-order valence-corrected chi connectivity index (χ2v) is 5.14. The summed E-state index contributed by atoms with van der Waals surface area (Å²) in [6, 6.07) is 0. The Balaban J connectivity index is 1.89. The van der Waals surface area contributed by atoms with E-state index in [0.717, 1.165) is 18.9 Å². The van der Waals surface area contributed by atoms with Gasteiger partial charge >= 0.3 is 11.9 Å². The number of nitrogen functional groups attached to an aromatic ring is 1. The number of anilines is 1. The number of nitrogens with zero attached hydrogens (tertiary/aromatic N) is 2. The van der Waals surface area contributed by atoms with Crippen molar-refractivity contribution in [1.82, 2.24) is 9.97 Å². The molecule has 1 heterocycles. The first-order valence-corrected chi connectivity index (χ1v) is 7.20. The second-order valence-electron chi connectivity index (χ2n) is 4.77. The summed E-state index contributed by atoms with van der Waals surface area (Å²) in [5.74, 6) is -0.355. The average Bonchev–Trinajstić information content (AvgIpc) is 3.33. The summed E-state index contributed by atoms with van der Waals surface area (Å²) in [5.41, 5.74) is 5.66. The van der Waals surface area contributed by atoms with Gasteiger partial charge < -0.3 is 15.2 Å². The zero-order chi connectivity index (χ0) is 16.1. The van der Waals surface area contributed by atoms with E-state index in [1.165, 1.54) is 0 Å². The van der Waals surface area contributed by atoms with Gasteiger partial charge in [-0.05, 0) is 12.8 Å². The molecule has 1 aliphatic rings. The molecule has 8 heteroatoms. The van der Waals surface area contributed by atoms with Gasteiger partial charge in [-0.3, -0.25) is 0 Å². The Hall–Kier alpha value is -2.15. The molecule has 1 fully saturated rings. The predicted octanol–water partition coefficient (Wildman–Crippen LogP) is 1.87. The Morgan fingerprint density at radius 1 is 1.32 bits per heavy atom. The van der Waals surface area contributed by atoms with Gasteiger partial charge in [0, 0.05) is 18.4 Å². The van der Waals surface area contributed by atoms with E-state index >= 15 is 0 Å². The molecule has 1 aliphatic carbocycles. The highest BCUT2D eigenvalue weighted by molar-refractivity contribution is 6.35. The van der Waals surface area contributed by atoms with Crippen LogP contribution in [-0.2, 0) is 14.3 Å². The van der Waals surface area contributed by atoms with Gasteiger partial charge in [0.15, 0.2) is 5.69 Å². The minimum Gasteiger partial charge on any atom is -0.462 e. The van der Waals surface area contributed by atoms with Crippen LogP contribution < -0.4 is 5.73 Å². The van der Waals surface area contributed by atoms with E-state index in [1.807, 2.05) is 0 Å². The van der Waals surface area contributed by atoms with E-state index < -0.39 is 11.9 Å². The zero-order valence-electron chi connectivity index (χ0n) is 11.9. The largest absolute Gasteiger partial charge is 0.462 e. The van der Waals surface area contributed by atoms with Crippen LogP contribution in [0.25, 0.3) is 0 Å². The van der Waals surface area contributed by atoms with Crippen molar-refractivity contribution in [3.8, 4) is 0 Å². The lowest BCUT2D eigenvalue weighted by Crippen LogP contribution is -2.14. The zero-order valence-corrected chi connectivity index (χ0v) is 12.6. The van der Waals surface area contributed by atoms with Crippen molar-refractivity contribution in [3.63, 3.8) is 0 Å². The van der Waals surface area contributed by atoms with Crippen molar-refractivity contribution in [2.24, 2.45) is 0 Å². The van der Waals surface area contributed by atoms with Crippen molar-refractivity contribution < 1.29 is 19.1 Å². The molecular formula is C14H16ClN3O4. The third-order valence-corrected chi connectivity index (χ3v) is 3.34. The number of rotatable bonds is 7. The second kappa shape index (κ2) is 7.22. The van der Waals surface area contributed by atoms with Crippen LogP contribution in [0.1, 0.15) is 41.5 Å². The van der Waals surface area contributed by atoms with Gasteiger partial charge in [-0.1, -0.05) is 18.2 Å². The number of carbonyl (C=O) groups excluding carboxylic acids is 2. The number of hydrogen-bond acceptors (Lipinski definition) is 7. The van der Waals surface area contributed by atoms with Crippen LogP contribution in [0.4, 0.5) is 5.82 Å². The molecule has 1 aromatic heterocycles. The van der Waals surface area contributed by atoms with Crippen LogP contribution >= 0.6 is 11.6 Å². The summed E-state index contributed by atoms with van der Waals surface area (Å²) in [5, 5.41) is -0.00696. The molecule has 0 saturated heterocycles. The number of ether oxygens (including phenoxy) is 2. The van der Waals surface area contributed by atoms with E-state index in [2.05, 4.69) is 16.5 Å². The minimum atomic E-state index is -0.670. The Morgan fingerprint density at radius 2 is 2.00 bits per heavy atom. The molecule has 0 unspecified atom stereocenters. The Bertz CT molecular complexity index is 602. The number of carbonyl (C=O) groups is 2. The molecule has 0 bridgehead atoms. The number of esters is 2. The van der Waals surface area contributed by atoms with Crippen LogP contribution in [0.15, 0.2) is 12.7 Å². The fourth-order valence-corrected chi connectivity index (χ4v) is 1.83. The minimum absolute atomic E-state index is 0.00696. The molecule has 118 valence electrons. The maximum atomic E-state index is 12.0. The topological polar surface area (TPSA) is 104 Å². The average molecular weight is 326 g/mol. The van der Waals surface area contributed by atoms with Gasteiger partial charge in [-0.25, -0.2) is 19.6 Å². The summed E-state index contributed by atoms with van der Waals surface area (Å²) in [6.45, 7) is 3.47. The molecule has 2 N–H and O–H groups in total. The van der Waals surface area contributed by atoms with Crippen molar-refractivity contribution in [1.29, 1.82) is 0 Å². The molecule has 0 spiro atoms. The lowest BCUT2D eigenvalue weighted by molar-refractivity contribution is -0.137. The maximum Gasteiger partial charge on any atom is 0.358 e. The summed E-state index contributed by atoms with van der Waals surface area (Å²) in [4.78, 5) is 31.0. The summed E-state index contributed by atoms with van der Waals surface area (Å²) >= 11 is 5.95. The third-order valence-electron chi connectivity index (χ3n) is 2.96. The fraction of sp³-hybridized carbons (Fsp3) is 0.429. The summed E-state index contributed by atoms with van der Waals surface area (Å²) in [6.07, 6.45) is 3.38. The van der Waals surface area contributed by atoms with Crippen molar-refractivity contribution in [3.05, 3.63) is 29.2 Å². The molecule has 0 aromatic carbocycles. The van der Waals surface area contributed by atoms with Crippen molar-refractivity contribution >= 4 is 29.4 Å². The SMILES string of the molecule is C=CC(=O)OCCCOC(=O)c1nc(C2CC2)nc(N)c1Cl. The standard InChI is InChI=1S/C14H16ClN3O4/c1-2-9(19)21-6-3-7-22-14(20)11-10(15)12(16)18-13(17-11)8-4-5-8/h2,8H,1,3-7H2,(H2,16,17,18). The van der Waals surface area contributed by atoms with Gasteiger partial charge in [0.1, 0.15) is 16.7 Å². The van der Waals surface area contributed by atoms with Gasteiger partial charge in [-0.2, -0.15) is 0 Å². The molecule has 1 aromatic rings. The van der Waals surface area contributed by atoms with Crippen LogP contribution in [0.5, 0.6) is 0 Å². The van der Waals surface area contributed by atoms with Gasteiger partial charge in [-0.15, -0.1) is 0 Å². The normalized spacial score (nSPS) is 13.5. The lowest BCUT2D eigenvalue weighted by atomic mass is 10.3. The fourth-order valence-electron chi connectivity index (χ4n) is 1.67. The molecule has 1 saturated carbocycles. The highest BCUT2D eigenvalue weighted by atomic mass is 35.5. The predicted molar refractivity (Wildman–Crippen MR) is 79.5 cm³/mol. The van der Waals surface area contributed by atoms with E-state index in [9.17, 15) is 9.59 Å². The number of nitrogens with two attached hydrogens (primary N) is 1. The first-order valence-electron chi connectivity index (χ1n) is 6.82.